The minimum Gasteiger partial charge on any atom is -0.379 e. The molecule has 2 rings (SSSR count). The average molecular weight is 343 g/mol. The summed E-state index contributed by atoms with van der Waals surface area (Å²) >= 11 is 3.25. The van der Waals surface area contributed by atoms with Crippen LogP contribution in [-0.4, -0.2) is 49.1 Å². The van der Waals surface area contributed by atoms with Gasteiger partial charge in [-0.25, -0.2) is 0 Å². The predicted molar refractivity (Wildman–Crippen MR) is 83.2 cm³/mol. The molecule has 0 saturated carbocycles. The minimum atomic E-state index is -0.358. The SMILES string of the molecule is O=[N+]([O-])c1cc(Br)ccc1NCCCN1CCNCC1. The molecule has 20 heavy (non-hydrogen) atoms. The van der Waals surface area contributed by atoms with Crippen LogP contribution in [0.15, 0.2) is 22.7 Å². The van der Waals surface area contributed by atoms with Gasteiger partial charge in [0.15, 0.2) is 0 Å². The summed E-state index contributed by atoms with van der Waals surface area (Å²) in [6.45, 7) is 6.03. The van der Waals surface area contributed by atoms with Gasteiger partial charge in [0.05, 0.1) is 4.92 Å². The summed E-state index contributed by atoms with van der Waals surface area (Å²) in [6.07, 6.45) is 0.979. The van der Waals surface area contributed by atoms with Crippen molar-refractivity contribution in [1.29, 1.82) is 0 Å². The van der Waals surface area contributed by atoms with E-state index in [9.17, 15) is 10.1 Å². The Morgan fingerprint density at radius 3 is 2.85 bits per heavy atom. The van der Waals surface area contributed by atoms with E-state index in [1.165, 1.54) is 6.07 Å². The van der Waals surface area contributed by atoms with Gasteiger partial charge in [0.1, 0.15) is 5.69 Å². The molecule has 6 nitrogen and oxygen atoms in total. The molecule has 2 N–H and O–H groups in total. The van der Waals surface area contributed by atoms with Crippen molar-refractivity contribution >= 4 is 27.3 Å². The van der Waals surface area contributed by atoms with Crippen molar-refractivity contribution in [3.05, 3.63) is 32.8 Å². The third-order valence-electron chi connectivity index (χ3n) is 3.33. The number of nitro benzene ring substituents is 1. The first-order chi connectivity index (χ1) is 9.66. The van der Waals surface area contributed by atoms with Crippen LogP contribution < -0.4 is 10.6 Å². The van der Waals surface area contributed by atoms with Gasteiger partial charge < -0.3 is 15.5 Å². The summed E-state index contributed by atoms with van der Waals surface area (Å²) < 4.78 is 0.718. The smallest absolute Gasteiger partial charge is 0.293 e. The molecule has 0 aromatic heterocycles. The molecular formula is C13H19BrN4O2. The van der Waals surface area contributed by atoms with E-state index in [2.05, 4.69) is 31.5 Å². The van der Waals surface area contributed by atoms with Gasteiger partial charge in [0, 0.05) is 43.3 Å². The molecular weight excluding hydrogens is 324 g/mol. The molecule has 0 bridgehead atoms. The Morgan fingerprint density at radius 2 is 2.15 bits per heavy atom. The number of hydrogen-bond donors (Lipinski definition) is 2. The first-order valence-corrected chi connectivity index (χ1v) is 7.57. The third-order valence-corrected chi connectivity index (χ3v) is 3.83. The van der Waals surface area contributed by atoms with Crippen LogP contribution >= 0.6 is 15.9 Å². The van der Waals surface area contributed by atoms with Crippen LogP contribution in [0, 0.1) is 10.1 Å². The summed E-state index contributed by atoms with van der Waals surface area (Å²) in [5, 5.41) is 17.5. The highest BCUT2D eigenvalue weighted by Gasteiger charge is 2.14. The van der Waals surface area contributed by atoms with Gasteiger partial charge in [0.2, 0.25) is 0 Å². The molecule has 0 unspecified atom stereocenters. The van der Waals surface area contributed by atoms with Crippen molar-refractivity contribution in [1.82, 2.24) is 10.2 Å². The van der Waals surface area contributed by atoms with E-state index in [1.807, 2.05) is 6.07 Å². The Bertz CT molecular complexity index is 464. The lowest BCUT2D eigenvalue weighted by Gasteiger charge is -2.27. The quantitative estimate of drug-likeness (QED) is 0.470. The van der Waals surface area contributed by atoms with E-state index in [4.69, 9.17) is 0 Å². The Kier molecular flexibility index (Phi) is 5.75. The lowest BCUT2D eigenvalue weighted by molar-refractivity contribution is -0.384. The fraction of sp³-hybridized carbons (Fsp3) is 0.538. The van der Waals surface area contributed by atoms with Crippen molar-refractivity contribution in [3.63, 3.8) is 0 Å². The molecule has 1 aromatic rings. The fourth-order valence-corrected chi connectivity index (χ4v) is 2.61. The van der Waals surface area contributed by atoms with Gasteiger partial charge in [-0.1, -0.05) is 15.9 Å². The number of nitro groups is 1. The van der Waals surface area contributed by atoms with Gasteiger partial charge in [0.25, 0.3) is 5.69 Å². The third kappa shape index (κ3) is 4.43. The highest BCUT2D eigenvalue weighted by atomic mass is 79.9. The molecule has 1 aromatic carbocycles. The van der Waals surface area contributed by atoms with E-state index in [0.717, 1.165) is 50.2 Å². The van der Waals surface area contributed by atoms with Crippen molar-refractivity contribution < 1.29 is 4.92 Å². The molecule has 1 aliphatic heterocycles. The first kappa shape index (κ1) is 15.2. The fourth-order valence-electron chi connectivity index (χ4n) is 2.27. The van der Waals surface area contributed by atoms with E-state index in [0.29, 0.717) is 5.69 Å². The molecule has 1 fully saturated rings. The van der Waals surface area contributed by atoms with Crippen molar-refractivity contribution in [2.24, 2.45) is 0 Å². The molecule has 7 heteroatoms. The van der Waals surface area contributed by atoms with Gasteiger partial charge >= 0.3 is 0 Å². The van der Waals surface area contributed by atoms with Crippen LogP contribution in [0.5, 0.6) is 0 Å². The van der Waals surface area contributed by atoms with Gasteiger partial charge in [-0.05, 0) is 25.1 Å². The lowest BCUT2D eigenvalue weighted by atomic mass is 10.2. The zero-order valence-corrected chi connectivity index (χ0v) is 12.9. The Labute approximate surface area is 126 Å². The monoisotopic (exact) mass is 342 g/mol. The average Bonchev–Trinajstić information content (AvgIpc) is 2.45. The highest BCUT2D eigenvalue weighted by molar-refractivity contribution is 9.10. The van der Waals surface area contributed by atoms with Crippen molar-refractivity contribution in [2.45, 2.75) is 6.42 Å². The van der Waals surface area contributed by atoms with Crippen LogP contribution in [-0.2, 0) is 0 Å². The maximum Gasteiger partial charge on any atom is 0.293 e. The summed E-state index contributed by atoms with van der Waals surface area (Å²) in [5.41, 5.74) is 0.694. The molecule has 1 aliphatic rings. The van der Waals surface area contributed by atoms with Crippen LogP contribution in [0.25, 0.3) is 0 Å². The zero-order valence-electron chi connectivity index (χ0n) is 11.3. The van der Waals surface area contributed by atoms with Crippen molar-refractivity contribution in [2.75, 3.05) is 44.6 Å². The number of halogens is 1. The molecule has 0 amide bonds. The van der Waals surface area contributed by atoms with Crippen LogP contribution in [0.4, 0.5) is 11.4 Å². The standard InChI is InChI=1S/C13H19BrN4O2/c14-11-2-3-12(13(10-11)18(19)20)16-4-1-7-17-8-5-15-6-9-17/h2-3,10,15-16H,1,4-9H2. The minimum absolute atomic E-state index is 0.113. The second-order valence-corrected chi connectivity index (χ2v) is 5.71. The van der Waals surface area contributed by atoms with E-state index in [-0.39, 0.29) is 10.6 Å². The number of rotatable bonds is 6. The van der Waals surface area contributed by atoms with Gasteiger partial charge in [-0.3, -0.25) is 10.1 Å². The van der Waals surface area contributed by atoms with Gasteiger partial charge in [-0.15, -0.1) is 0 Å². The molecule has 0 radical (unpaired) electrons. The van der Waals surface area contributed by atoms with E-state index in [1.54, 1.807) is 6.07 Å². The van der Waals surface area contributed by atoms with Gasteiger partial charge in [-0.2, -0.15) is 0 Å². The highest BCUT2D eigenvalue weighted by Crippen LogP contribution is 2.27. The molecule has 0 aliphatic carbocycles. The van der Waals surface area contributed by atoms with E-state index < -0.39 is 0 Å². The summed E-state index contributed by atoms with van der Waals surface area (Å²) in [4.78, 5) is 13.0. The molecule has 1 saturated heterocycles. The van der Waals surface area contributed by atoms with E-state index >= 15 is 0 Å². The second kappa shape index (κ2) is 7.56. The van der Waals surface area contributed by atoms with Crippen LogP contribution in [0.3, 0.4) is 0 Å². The number of hydrogen-bond acceptors (Lipinski definition) is 5. The molecule has 110 valence electrons. The number of benzene rings is 1. The molecule has 0 atom stereocenters. The Hall–Kier alpha value is -1.18. The largest absolute Gasteiger partial charge is 0.379 e. The molecule has 1 heterocycles. The Morgan fingerprint density at radius 1 is 1.40 bits per heavy atom. The predicted octanol–water partition coefficient (Wildman–Crippen LogP) is 2.06. The maximum absolute atomic E-state index is 11.0. The normalized spacial score (nSPS) is 16.1. The number of piperazine rings is 1. The van der Waals surface area contributed by atoms with Crippen LogP contribution in [0.1, 0.15) is 6.42 Å². The maximum atomic E-state index is 11.0. The first-order valence-electron chi connectivity index (χ1n) is 6.78. The lowest BCUT2D eigenvalue weighted by Crippen LogP contribution is -2.44. The summed E-state index contributed by atoms with van der Waals surface area (Å²) in [7, 11) is 0. The number of anilines is 1. The van der Waals surface area contributed by atoms with Crippen LogP contribution in [0.2, 0.25) is 0 Å². The Balaban J connectivity index is 1.80. The zero-order chi connectivity index (χ0) is 14.4. The second-order valence-electron chi connectivity index (χ2n) is 4.79. The number of nitrogens with zero attached hydrogens (tertiary/aromatic N) is 2. The summed E-state index contributed by atoms with van der Waals surface area (Å²) in [5.74, 6) is 0. The topological polar surface area (TPSA) is 70.4 Å². The number of nitrogens with one attached hydrogen (secondary N) is 2. The van der Waals surface area contributed by atoms with Crippen molar-refractivity contribution in [3.8, 4) is 0 Å². The summed E-state index contributed by atoms with van der Waals surface area (Å²) in [6, 6.07) is 5.08. The molecule has 0 spiro atoms.